The van der Waals surface area contributed by atoms with E-state index in [1.165, 1.54) is 25.7 Å². The minimum absolute atomic E-state index is 0.0782. The molecule has 1 saturated heterocycles. The van der Waals surface area contributed by atoms with Gasteiger partial charge in [-0.1, -0.05) is 42.6 Å². The molecule has 1 atom stereocenters. The first kappa shape index (κ1) is 20.0. The van der Waals surface area contributed by atoms with E-state index in [0.29, 0.717) is 28.2 Å². The molecule has 24 heavy (non-hydrogen) atoms. The average molecular weight is 393 g/mol. The summed E-state index contributed by atoms with van der Waals surface area (Å²) >= 11 is 11.8. The minimum Gasteiger partial charge on any atom is -0.300 e. The second-order valence-corrected chi connectivity index (χ2v) is 8.97. The molecule has 1 aromatic rings. The van der Waals surface area contributed by atoms with Gasteiger partial charge in [-0.25, -0.2) is 13.1 Å². The fourth-order valence-electron chi connectivity index (χ4n) is 3.23. The van der Waals surface area contributed by atoms with E-state index in [2.05, 4.69) is 16.5 Å². The molecule has 1 N–H and O–H groups in total. The number of rotatable bonds is 8. The summed E-state index contributed by atoms with van der Waals surface area (Å²) in [5.41, 5.74) is 0.638. The molecule has 0 saturated carbocycles. The molecule has 1 heterocycles. The standard InChI is InChI=1S/C17H26Cl2N2O2S/c1-2-15-6-3-4-10-21(15)11-5-9-20-24(22,23)13-14-7-8-16(18)17(19)12-14/h7-8,12,15,20H,2-6,9-11,13H2,1H3/t15-/m0/s1. The minimum atomic E-state index is -3.36. The molecule has 2 rings (SSSR count). The van der Waals surface area contributed by atoms with E-state index in [0.717, 1.165) is 19.5 Å². The van der Waals surface area contributed by atoms with E-state index in [1.807, 2.05) is 0 Å². The second-order valence-electron chi connectivity index (χ2n) is 6.35. The maximum Gasteiger partial charge on any atom is 0.215 e. The fourth-order valence-corrected chi connectivity index (χ4v) is 4.72. The molecular weight excluding hydrogens is 367 g/mol. The van der Waals surface area contributed by atoms with Crippen molar-refractivity contribution in [2.75, 3.05) is 19.6 Å². The van der Waals surface area contributed by atoms with Gasteiger partial charge in [0.1, 0.15) is 0 Å². The van der Waals surface area contributed by atoms with Crippen molar-refractivity contribution in [2.24, 2.45) is 0 Å². The predicted octanol–water partition coefficient (Wildman–Crippen LogP) is 4.07. The molecule has 0 spiro atoms. The van der Waals surface area contributed by atoms with Crippen LogP contribution < -0.4 is 4.72 Å². The smallest absolute Gasteiger partial charge is 0.215 e. The normalized spacial score (nSPS) is 19.5. The van der Waals surface area contributed by atoms with Crippen molar-refractivity contribution in [2.45, 2.75) is 50.8 Å². The van der Waals surface area contributed by atoms with Crippen molar-refractivity contribution in [1.29, 1.82) is 0 Å². The molecule has 0 radical (unpaired) electrons. The third-order valence-corrected chi connectivity index (χ3v) is 6.60. The lowest BCUT2D eigenvalue weighted by molar-refractivity contribution is 0.143. The molecule has 0 bridgehead atoms. The Labute approximate surface area is 155 Å². The average Bonchev–Trinajstić information content (AvgIpc) is 2.55. The Balaban J connectivity index is 1.77. The lowest BCUT2D eigenvalue weighted by Crippen LogP contribution is -2.40. The Morgan fingerprint density at radius 2 is 2.04 bits per heavy atom. The molecule has 0 unspecified atom stereocenters. The summed E-state index contributed by atoms with van der Waals surface area (Å²) < 4.78 is 27.0. The molecule has 0 amide bonds. The van der Waals surface area contributed by atoms with Crippen LogP contribution in [-0.2, 0) is 15.8 Å². The molecule has 1 aromatic carbocycles. The summed E-state index contributed by atoms with van der Waals surface area (Å²) in [6.45, 7) is 4.78. The topological polar surface area (TPSA) is 49.4 Å². The summed E-state index contributed by atoms with van der Waals surface area (Å²) in [7, 11) is -3.36. The molecule has 1 aliphatic rings. The highest BCUT2D eigenvalue weighted by Gasteiger charge is 2.20. The van der Waals surface area contributed by atoms with Crippen LogP contribution in [-0.4, -0.2) is 39.0 Å². The van der Waals surface area contributed by atoms with Gasteiger partial charge in [-0.05, 0) is 56.5 Å². The summed E-state index contributed by atoms with van der Waals surface area (Å²) in [6.07, 6.45) is 5.82. The van der Waals surface area contributed by atoms with Crippen molar-refractivity contribution in [3.8, 4) is 0 Å². The number of benzene rings is 1. The highest BCUT2D eigenvalue weighted by atomic mass is 35.5. The van der Waals surface area contributed by atoms with Crippen LogP contribution in [0.5, 0.6) is 0 Å². The monoisotopic (exact) mass is 392 g/mol. The van der Waals surface area contributed by atoms with E-state index in [-0.39, 0.29) is 5.75 Å². The third kappa shape index (κ3) is 6.19. The maximum atomic E-state index is 12.2. The van der Waals surface area contributed by atoms with Gasteiger partial charge < -0.3 is 4.90 Å². The van der Waals surface area contributed by atoms with Crippen LogP contribution in [0.25, 0.3) is 0 Å². The number of nitrogens with zero attached hydrogens (tertiary/aromatic N) is 1. The highest BCUT2D eigenvalue weighted by Crippen LogP contribution is 2.23. The van der Waals surface area contributed by atoms with Crippen LogP contribution in [0.4, 0.5) is 0 Å². The Hall–Kier alpha value is -0.330. The molecule has 1 aliphatic heterocycles. The van der Waals surface area contributed by atoms with Crippen LogP contribution in [0.15, 0.2) is 18.2 Å². The number of piperidine rings is 1. The van der Waals surface area contributed by atoms with Gasteiger partial charge in [0.2, 0.25) is 10.0 Å². The SMILES string of the molecule is CC[C@H]1CCCCN1CCCNS(=O)(=O)Cc1ccc(Cl)c(Cl)c1. The number of nitrogens with one attached hydrogen (secondary N) is 1. The van der Waals surface area contributed by atoms with Gasteiger partial charge >= 0.3 is 0 Å². The van der Waals surface area contributed by atoms with Crippen LogP contribution in [0, 0.1) is 0 Å². The second kappa shape index (κ2) is 9.39. The van der Waals surface area contributed by atoms with Gasteiger partial charge in [-0.2, -0.15) is 0 Å². The number of sulfonamides is 1. The van der Waals surface area contributed by atoms with Crippen LogP contribution in [0.1, 0.15) is 44.6 Å². The van der Waals surface area contributed by atoms with Crippen molar-refractivity contribution in [1.82, 2.24) is 9.62 Å². The Bertz CT molecular complexity index is 637. The number of halogens is 2. The van der Waals surface area contributed by atoms with E-state index < -0.39 is 10.0 Å². The zero-order chi connectivity index (χ0) is 17.6. The summed E-state index contributed by atoms with van der Waals surface area (Å²) in [4.78, 5) is 2.50. The molecule has 1 fully saturated rings. The highest BCUT2D eigenvalue weighted by molar-refractivity contribution is 7.88. The Morgan fingerprint density at radius 1 is 1.25 bits per heavy atom. The van der Waals surface area contributed by atoms with E-state index in [4.69, 9.17) is 23.2 Å². The summed E-state index contributed by atoms with van der Waals surface area (Å²) in [5, 5.41) is 0.804. The van der Waals surface area contributed by atoms with Gasteiger partial charge in [0.05, 0.1) is 15.8 Å². The summed E-state index contributed by atoms with van der Waals surface area (Å²) in [5.74, 6) is -0.0782. The molecule has 0 aromatic heterocycles. The number of likely N-dealkylation sites (tertiary alicyclic amines) is 1. The Kier molecular flexibility index (Phi) is 7.82. The summed E-state index contributed by atoms with van der Waals surface area (Å²) in [6, 6.07) is 5.57. The van der Waals surface area contributed by atoms with Crippen molar-refractivity contribution in [3.63, 3.8) is 0 Å². The quantitative estimate of drug-likeness (QED) is 0.678. The van der Waals surface area contributed by atoms with E-state index in [9.17, 15) is 8.42 Å². The Morgan fingerprint density at radius 3 is 2.75 bits per heavy atom. The van der Waals surface area contributed by atoms with E-state index >= 15 is 0 Å². The van der Waals surface area contributed by atoms with Crippen molar-refractivity contribution < 1.29 is 8.42 Å². The number of hydrogen-bond donors (Lipinski definition) is 1. The predicted molar refractivity (Wildman–Crippen MR) is 101 cm³/mol. The zero-order valence-corrected chi connectivity index (χ0v) is 16.4. The molecule has 7 heteroatoms. The first-order chi connectivity index (χ1) is 11.4. The zero-order valence-electron chi connectivity index (χ0n) is 14.1. The lowest BCUT2D eigenvalue weighted by Gasteiger charge is -2.35. The molecule has 0 aliphatic carbocycles. The van der Waals surface area contributed by atoms with Gasteiger partial charge in [-0.15, -0.1) is 0 Å². The third-order valence-electron chi connectivity index (χ3n) is 4.51. The fraction of sp³-hybridized carbons (Fsp3) is 0.647. The van der Waals surface area contributed by atoms with Crippen LogP contribution in [0.2, 0.25) is 10.0 Å². The van der Waals surface area contributed by atoms with Crippen molar-refractivity contribution >= 4 is 33.2 Å². The molecule has 136 valence electrons. The van der Waals surface area contributed by atoms with Gasteiger partial charge in [-0.3, -0.25) is 0 Å². The van der Waals surface area contributed by atoms with Crippen molar-refractivity contribution in [3.05, 3.63) is 33.8 Å². The van der Waals surface area contributed by atoms with Gasteiger partial charge in [0, 0.05) is 12.6 Å². The van der Waals surface area contributed by atoms with Gasteiger partial charge in [0.15, 0.2) is 0 Å². The molecule has 4 nitrogen and oxygen atoms in total. The first-order valence-corrected chi connectivity index (χ1v) is 11.0. The largest absolute Gasteiger partial charge is 0.300 e. The molecular formula is C17H26Cl2N2O2S. The maximum absolute atomic E-state index is 12.2. The number of hydrogen-bond acceptors (Lipinski definition) is 3. The lowest BCUT2D eigenvalue weighted by atomic mass is 10.00. The van der Waals surface area contributed by atoms with E-state index in [1.54, 1.807) is 18.2 Å². The van der Waals surface area contributed by atoms with Crippen LogP contribution in [0.3, 0.4) is 0 Å². The van der Waals surface area contributed by atoms with Gasteiger partial charge in [0.25, 0.3) is 0 Å². The van der Waals surface area contributed by atoms with Crippen LogP contribution >= 0.6 is 23.2 Å². The first-order valence-electron chi connectivity index (χ1n) is 8.56.